The Kier molecular flexibility index (Phi) is 2.34. The van der Waals surface area contributed by atoms with Gasteiger partial charge in [0.15, 0.2) is 0 Å². The first kappa shape index (κ1) is 8.98. The maximum absolute atomic E-state index is 5.25. The molecule has 0 spiro atoms. The van der Waals surface area contributed by atoms with Crippen LogP contribution in [0, 0.1) is 0 Å². The van der Waals surface area contributed by atoms with Crippen molar-refractivity contribution in [3.63, 3.8) is 0 Å². The fraction of sp³-hybridized carbons (Fsp3) is 0.222. The molecule has 1 heterocycles. The SMILES string of the molecule is CN(CNN)c1ccc2nc[nH]c2c1. The van der Waals surface area contributed by atoms with E-state index in [2.05, 4.69) is 15.4 Å². The molecule has 0 bridgehead atoms. The monoisotopic (exact) mass is 191 g/mol. The largest absolute Gasteiger partial charge is 0.361 e. The number of hydrogen-bond acceptors (Lipinski definition) is 4. The summed E-state index contributed by atoms with van der Waals surface area (Å²) in [4.78, 5) is 9.23. The lowest BCUT2D eigenvalue weighted by molar-refractivity contribution is 0.718. The number of nitrogens with one attached hydrogen (secondary N) is 2. The van der Waals surface area contributed by atoms with Crippen LogP contribution in [-0.2, 0) is 0 Å². The fourth-order valence-electron chi connectivity index (χ4n) is 1.39. The molecule has 2 rings (SSSR count). The highest BCUT2D eigenvalue weighted by Gasteiger charge is 2.01. The standard InChI is InChI=1S/C9H13N5/c1-14(6-13-10)7-2-3-8-9(4-7)12-5-11-8/h2-5,13H,6,10H2,1H3,(H,11,12). The Morgan fingerprint density at radius 2 is 2.43 bits per heavy atom. The fourth-order valence-corrected chi connectivity index (χ4v) is 1.39. The second kappa shape index (κ2) is 3.65. The van der Waals surface area contributed by atoms with E-state index in [-0.39, 0.29) is 0 Å². The van der Waals surface area contributed by atoms with Gasteiger partial charge < -0.3 is 9.88 Å². The molecular weight excluding hydrogens is 178 g/mol. The second-order valence-electron chi connectivity index (χ2n) is 3.16. The van der Waals surface area contributed by atoms with Gasteiger partial charge in [-0.2, -0.15) is 0 Å². The molecule has 74 valence electrons. The average molecular weight is 191 g/mol. The summed E-state index contributed by atoms with van der Waals surface area (Å²) >= 11 is 0. The van der Waals surface area contributed by atoms with E-state index in [9.17, 15) is 0 Å². The van der Waals surface area contributed by atoms with Gasteiger partial charge in [-0.1, -0.05) is 0 Å². The van der Waals surface area contributed by atoms with Crippen molar-refractivity contribution < 1.29 is 0 Å². The Labute approximate surface area is 81.9 Å². The first-order chi connectivity index (χ1) is 6.81. The number of H-pyrrole nitrogens is 1. The molecule has 0 fully saturated rings. The Morgan fingerprint density at radius 3 is 3.21 bits per heavy atom. The summed E-state index contributed by atoms with van der Waals surface area (Å²) in [7, 11) is 1.97. The molecule has 0 saturated heterocycles. The number of fused-ring (bicyclic) bond motifs is 1. The number of nitrogens with zero attached hydrogens (tertiary/aromatic N) is 2. The maximum atomic E-state index is 5.25. The van der Waals surface area contributed by atoms with Gasteiger partial charge in [0.25, 0.3) is 0 Å². The van der Waals surface area contributed by atoms with Gasteiger partial charge in [-0.05, 0) is 18.2 Å². The summed E-state index contributed by atoms with van der Waals surface area (Å²) < 4.78 is 0. The number of aromatic nitrogens is 2. The van der Waals surface area contributed by atoms with Gasteiger partial charge in [-0.15, -0.1) is 0 Å². The summed E-state index contributed by atoms with van der Waals surface area (Å²) in [5.74, 6) is 5.25. The highest BCUT2D eigenvalue weighted by Crippen LogP contribution is 2.17. The van der Waals surface area contributed by atoms with Crippen LogP contribution in [0.3, 0.4) is 0 Å². The van der Waals surface area contributed by atoms with E-state index >= 15 is 0 Å². The molecule has 1 aromatic carbocycles. The predicted molar refractivity (Wildman–Crippen MR) is 56.7 cm³/mol. The van der Waals surface area contributed by atoms with Gasteiger partial charge in [-0.3, -0.25) is 5.84 Å². The molecule has 0 aliphatic rings. The van der Waals surface area contributed by atoms with Crippen molar-refractivity contribution in [1.82, 2.24) is 15.4 Å². The Hall–Kier alpha value is -1.59. The molecule has 0 amide bonds. The zero-order valence-corrected chi connectivity index (χ0v) is 7.99. The van der Waals surface area contributed by atoms with Crippen LogP contribution in [0.1, 0.15) is 0 Å². The van der Waals surface area contributed by atoms with Gasteiger partial charge >= 0.3 is 0 Å². The number of anilines is 1. The third-order valence-electron chi connectivity index (χ3n) is 2.17. The molecule has 5 heteroatoms. The van der Waals surface area contributed by atoms with Crippen molar-refractivity contribution in [2.24, 2.45) is 5.84 Å². The number of aromatic amines is 1. The minimum Gasteiger partial charge on any atom is -0.361 e. The van der Waals surface area contributed by atoms with E-state index in [1.807, 2.05) is 30.1 Å². The van der Waals surface area contributed by atoms with Crippen LogP contribution < -0.4 is 16.2 Å². The van der Waals surface area contributed by atoms with Gasteiger partial charge in [0.05, 0.1) is 24.0 Å². The molecule has 0 unspecified atom stereocenters. The number of nitrogens with two attached hydrogens (primary N) is 1. The van der Waals surface area contributed by atoms with Gasteiger partial charge in [0, 0.05) is 12.7 Å². The minimum absolute atomic E-state index is 0.611. The van der Waals surface area contributed by atoms with Crippen molar-refractivity contribution in [2.45, 2.75) is 0 Å². The van der Waals surface area contributed by atoms with Crippen LogP contribution in [0.2, 0.25) is 0 Å². The first-order valence-electron chi connectivity index (χ1n) is 4.39. The topological polar surface area (TPSA) is 70.0 Å². The van der Waals surface area contributed by atoms with Crippen molar-refractivity contribution >= 4 is 16.7 Å². The summed E-state index contributed by atoms with van der Waals surface area (Å²) in [6.07, 6.45) is 1.69. The molecule has 2 aromatic rings. The van der Waals surface area contributed by atoms with E-state index in [0.717, 1.165) is 16.7 Å². The molecule has 14 heavy (non-hydrogen) atoms. The minimum atomic E-state index is 0.611. The summed E-state index contributed by atoms with van der Waals surface area (Å²) in [5.41, 5.74) is 5.71. The quantitative estimate of drug-likeness (QED) is 0.373. The van der Waals surface area contributed by atoms with Crippen LogP contribution in [0.5, 0.6) is 0 Å². The third kappa shape index (κ3) is 1.55. The van der Waals surface area contributed by atoms with E-state index in [0.29, 0.717) is 6.67 Å². The number of imidazole rings is 1. The number of hydrazine groups is 1. The van der Waals surface area contributed by atoms with Crippen LogP contribution in [0.25, 0.3) is 11.0 Å². The average Bonchev–Trinajstić information content (AvgIpc) is 2.64. The Balaban J connectivity index is 2.33. The lowest BCUT2D eigenvalue weighted by Crippen LogP contribution is -2.35. The first-order valence-corrected chi connectivity index (χ1v) is 4.39. The molecule has 0 aliphatic carbocycles. The molecule has 0 aliphatic heterocycles. The van der Waals surface area contributed by atoms with Crippen molar-refractivity contribution in [2.75, 3.05) is 18.6 Å². The Morgan fingerprint density at radius 1 is 1.57 bits per heavy atom. The van der Waals surface area contributed by atoms with Gasteiger partial charge in [0.2, 0.25) is 0 Å². The lowest BCUT2D eigenvalue weighted by atomic mass is 10.2. The van der Waals surface area contributed by atoms with E-state index in [1.54, 1.807) is 6.33 Å². The number of rotatable bonds is 3. The third-order valence-corrected chi connectivity index (χ3v) is 2.17. The van der Waals surface area contributed by atoms with Crippen LogP contribution >= 0.6 is 0 Å². The number of benzene rings is 1. The highest BCUT2D eigenvalue weighted by molar-refractivity contribution is 5.78. The second-order valence-corrected chi connectivity index (χ2v) is 3.16. The van der Waals surface area contributed by atoms with Crippen LogP contribution in [0.15, 0.2) is 24.5 Å². The highest BCUT2D eigenvalue weighted by atomic mass is 15.3. The zero-order chi connectivity index (χ0) is 9.97. The molecule has 0 saturated carbocycles. The van der Waals surface area contributed by atoms with Crippen LogP contribution in [0.4, 0.5) is 5.69 Å². The van der Waals surface area contributed by atoms with Crippen molar-refractivity contribution in [3.05, 3.63) is 24.5 Å². The van der Waals surface area contributed by atoms with E-state index in [4.69, 9.17) is 5.84 Å². The van der Waals surface area contributed by atoms with Gasteiger partial charge in [0.1, 0.15) is 0 Å². The maximum Gasteiger partial charge on any atom is 0.0931 e. The number of hydrogen-bond donors (Lipinski definition) is 3. The normalized spacial score (nSPS) is 10.7. The zero-order valence-electron chi connectivity index (χ0n) is 7.99. The summed E-state index contributed by atoms with van der Waals surface area (Å²) in [6, 6.07) is 6.04. The predicted octanol–water partition coefficient (Wildman–Crippen LogP) is 0.420. The molecule has 5 nitrogen and oxygen atoms in total. The van der Waals surface area contributed by atoms with Crippen molar-refractivity contribution in [3.8, 4) is 0 Å². The molecule has 0 atom stereocenters. The summed E-state index contributed by atoms with van der Waals surface area (Å²) in [6.45, 7) is 0.611. The summed E-state index contributed by atoms with van der Waals surface area (Å²) in [5, 5.41) is 0. The Bertz CT molecular complexity index is 422. The molecular formula is C9H13N5. The smallest absolute Gasteiger partial charge is 0.0931 e. The molecule has 1 aromatic heterocycles. The molecule has 0 radical (unpaired) electrons. The van der Waals surface area contributed by atoms with Crippen LogP contribution in [-0.4, -0.2) is 23.7 Å². The van der Waals surface area contributed by atoms with E-state index < -0.39 is 0 Å². The van der Waals surface area contributed by atoms with E-state index in [1.165, 1.54) is 0 Å². The lowest BCUT2D eigenvalue weighted by Gasteiger charge is -2.18. The van der Waals surface area contributed by atoms with Gasteiger partial charge in [-0.25, -0.2) is 10.4 Å². The van der Waals surface area contributed by atoms with Crippen molar-refractivity contribution in [1.29, 1.82) is 0 Å². The molecule has 4 N–H and O–H groups in total.